The number of aromatic nitrogens is 2. The van der Waals surface area contributed by atoms with E-state index in [0.717, 1.165) is 37.3 Å². The van der Waals surface area contributed by atoms with Crippen LogP contribution in [0.15, 0.2) is 18.2 Å². The van der Waals surface area contributed by atoms with E-state index in [1.165, 1.54) is 6.07 Å². The summed E-state index contributed by atoms with van der Waals surface area (Å²) in [5.74, 6) is 1.20. The quantitative estimate of drug-likeness (QED) is 0.500. The summed E-state index contributed by atoms with van der Waals surface area (Å²) in [5, 5.41) is 3.44. The van der Waals surface area contributed by atoms with Gasteiger partial charge in [-0.1, -0.05) is 6.07 Å². The van der Waals surface area contributed by atoms with Gasteiger partial charge in [-0.15, -0.1) is 0 Å². The maximum absolute atomic E-state index is 14.3. The van der Waals surface area contributed by atoms with Gasteiger partial charge in [0.2, 0.25) is 0 Å². The first-order valence-electron chi connectivity index (χ1n) is 15.3. The predicted molar refractivity (Wildman–Crippen MR) is 152 cm³/mol. The molecule has 4 aliphatic heterocycles. The number of hydrogen-bond donors (Lipinski definition) is 1. The van der Waals surface area contributed by atoms with E-state index in [1.807, 2.05) is 11.8 Å². The Morgan fingerprint density at radius 3 is 2.44 bits per heavy atom. The van der Waals surface area contributed by atoms with Gasteiger partial charge < -0.3 is 24.6 Å². The second kappa shape index (κ2) is 12.6. The number of alkyl halides is 4. The van der Waals surface area contributed by atoms with Crippen molar-refractivity contribution in [3.63, 3.8) is 0 Å². The number of amides is 1. The fourth-order valence-electron chi connectivity index (χ4n) is 6.68. The summed E-state index contributed by atoms with van der Waals surface area (Å²) in [6.07, 6.45) is -1.34. The zero-order chi connectivity index (χ0) is 30.1. The number of likely N-dealkylation sites (tertiary alicyclic amines) is 1. The Hall–Kier alpha value is -2.83. The monoisotopic (exact) mass is 605 g/mol. The molecule has 3 saturated heterocycles. The minimum atomic E-state index is -4.38. The smallest absolute Gasteiger partial charge is 0.381 e. The summed E-state index contributed by atoms with van der Waals surface area (Å²) in [6, 6.07) is 3.85. The lowest BCUT2D eigenvalue weighted by molar-refractivity contribution is -0.137. The van der Waals surface area contributed by atoms with Crippen LogP contribution < -0.4 is 10.2 Å². The van der Waals surface area contributed by atoms with Crippen molar-refractivity contribution in [2.75, 3.05) is 51.0 Å². The van der Waals surface area contributed by atoms with Gasteiger partial charge in [-0.3, -0.25) is 4.79 Å². The molecule has 234 valence electrons. The molecule has 12 heteroatoms. The number of fused-ring (bicyclic) bond motifs is 1. The molecule has 43 heavy (non-hydrogen) atoms. The van der Waals surface area contributed by atoms with Crippen LogP contribution in [0.4, 0.5) is 23.4 Å². The van der Waals surface area contributed by atoms with Crippen LogP contribution in [0.3, 0.4) is 0 Å². The molecule has 0 aliphatic carbocycles. The van der Waals surface area contributed by atoms with Gasteiger partial charge in [0.25, 0.3) is 5.91 Å². The van der Waals surface area contributed by atoms with E-state index >= 15 is 0 Å². The second-order valence-corrected chi connectivity index (χ2v) is 12.1. The van der Waals surface area contributed by atoms with Crippen molar-refractivity contribution in [2.45, 2.75) is 82.3 Å². The number of benzene rings is 1. The van der Waals surface area contributed by atoms with Crippen molar-refractivity contribution in [1.29, 1.82) is 0 Å². The van der Waals surface area contributed by atoms with Gasteiger partial charge >= 0.3 is 6.18 Å². The van der Waals surface area contributed by atoms with E-state index in [0.29, 0.717) is 87.3 Å². The van der Waals surface area contributed by atoms with Gasteiger partial charge in [0.15, 0.2) is 0 Å². The summed E-state index contributed by atoms with van der Waals surface area (Å²) in [5.41, 5.74) is 1.94. The van der Waals surface area contributed by atoms with Gasteiger partial charge in [-0.25, -0.2) is 14.4 Å². The number of piperidine rings is 1. The molecule has 1 aromatic carbocycles. The number of nitrogens with zero attached hydrogens (tertiary/aromatic N) is 4. The summed E-state index contributed by atoms with van der Waals surface area (Å²) in [6.45, 7) is 5.73. The first-order chi connectivity index (χ1) is 20.7. The zero-order valence-corrected chi connectivity index (χ0v) is 24.5. The van der Waals surface area contributed by atoms with Crippen molar-refractivity contribution in [1.82, 2.24) is 20.2 Å². The number of nitrogens with one attached hydrogen (secondary N) is 1. The number of hydrogen-bond acceptors (Lipinski definition) is 7. The SMILES string of the molecule is Cc1c(C(=O)N2CCC(N[C@H]3CCOC[C@H]3F)CC2)nc(C2CCOCC2)nc1N1CCc2cc(C(F)(F)F)ccc2C1. The van der Waals surface area contributed by atoms with Crippen molar-refractivity contribution in [3.05, 3.63) is 52.0 Å². The minimum absolute atomic E-state index is 0.0640. The number of rotatable bonds is 5. The predicted octanol–water partition coefficient (Wildman–Crippen LogP) is 4.58. The average Bonchev–Trinajstić information content (AvgIpc) is 3.02. The molecule has 1 N–H and O–H groups in total. The molecule has 0 bridgehead atoms. The van der Waals surface area contributed by atoms with E-state index in [2.05, 4.69) is 10.2 Å². The Bertz CT molecular complexity index is 1310. The van der Waals surface area contributed by atoms with Crippen LogP contribution in [0.5, 0.6) is 0 Å². The summed E-state index contributed by atoms with van der Waals surface area (Å²) >= 11 is 0. The molecule has 1 aromatic heterocycles. The van der Waals surface area contributed by atoms with E-state index < -0.39 is 17.9 Å². The van der Waals surface area contributed by atoms with E-state index in [4.69, 9.17) is 19.4 Å². The third-order valence-corrected chi connectivity index (χ3v) is 9.29. The van der Waals surface area contributed by atoms with E-state index in [1.54, 1.807) is 6.07 Å². The highest BCUT2D eigenvalue weighted by molar-refractivity contribution is 5.95. The van der Waals surface area contributed by atoms with Crippen LogP contribution in [-0.2, 0) is 28.6 Å². The standard InChI is InChI=1S/C31H39F4N5O3/c1-19-27(30(41)39-11-5-24(6-12-39)36-26-9-15-43-18-25(26)32)37-28(20-7-13-42-14-8-20)38-29(19)40-10-4-21-16-23(31(33,34)35)3-2-22(21)17-40/h2-3,16,20,24-26,36H,4-15,17-18H2,1H3/t25-,26+/m1/s1. The Labute approximate surface area is 249 Å². The topological polar surface area (TPSA) is 79.8 Å². The van der Waals surface area contributed by atoms with Crippen molar-refractivity contribution < 1.29 is 31.8 Å². The third-order valence-electron chi connectivity index (χ3n) is 9.29. The van der Waals surface area contributed by atoms with E-state index in [9.17, 15) is 22.4 Å². The number of carbonyl (C=O) groups excluding carboxylic acids is 1. The van der Waals surface area contributed by atoms with Gasteiger partial charge in [0, 0.05) is 69.6 Å². The molecular weight excluding hydrogens is 566 g/mol. The van der Waals surface area contributed by atoms with Crippen LogP contribution in [0.25, 0.3) is 0 Å². The van der Waals surface area contributed by atoms with Crippen LogP contribution >= 0.6 is 0 Å². The lowest BCUT2D eigenvalue weighted by atomic mass is 9.96. The minimum Gasteiger partial charge on any atom is -0.381 e. The van der Waals surface area contributed by atoms with Crippen molar-refractivity contribution in [2.24, 2.45) is 0 Å². The molecule has 8 nitrogen and oxygen atoms in total. The molecule has 0 unspecified atom stereocenters. The summed E-state index contributed by atoms with van der Waals surface area (Å²) in [7, 11) is 0. The molecule has 3 fully saturated rings. The van der Waals surface area contributed by atoms with Crippen molar-refractivity contribution in [3.8, 4) is 0 Å². The molecule has 0 spiro atoms. The molecule has 0 radical (unpaired) electrons. The van der Waals surface area contributed by atoms with Crippen LogP contribution in [0, 0.1) is 6.92 Å². The highest BCUT2D eigenvalue weighted by Crippen LogP contribution is 2.35. The highest BCUT2D eigenvalue weighted by atomic mass is 19.4. The van der Waals surface area contributed by atoms with Gasteiger partial charge in [-0.05, 0) is 68.7 Å². The first-order valence-corrected chi connectivity index (χ1v) is 15.3. The normalized spacial score (nSPS) is 24.2. The molecule has 0 saturated carbocycles. The third kappa shape index (κ3) is 6.66. The van der Waals surface area contributed by atoms with Gasteiger partial charge in [-0.2, -0.15) is 13.2 Å². The molecule has 5 heterocycles. The molecule has 4 aliphatic rings. The lowest BCUT2D eigenvalue weighted by Gasteiger charge is -2.37. The van der Waals surface area contributed by atoms with Crippen molar-refractivity contribution >= 4 is 11.7 Å². The fraction of sp³-hybridized carbons (Fsp3) is 0.645. The Morgan fingerprint density at radius 2 is 1.72 bits per heavy atom. The van der Waals surface area contributed by atoms with Crippen LogP contribution in [0.1, 0.15) is 76.6 Å². The molecule has 6 rings (SSSR count). The first kappa shape index (κ1) is 30.2. The molecular formula is C31H39F4N5O3. The van der Waals surface area contributed by atoms with Gasteiger partial charge in [0.05, 0.1) is 12.2 Å². The number of carbonyl (C=O) groups is 1. The Kier molecular flexibility index (Phi) is 8.89. The maximum Gasteiger partial charge on any atom is 0.416 e. The maximum atomic E-state index is 14.3. The van der Waals surface area contributed by atoms with Gasteiger partial charge in [0.1, 0.15) is 23.5 Å². The number of ether oxygens (including phenoxy) is 2. The van der Waals surface area contributed by atoms with Crippen LogP contribution in [-0.4, -0.2) is 85.1 Å². The largest absolute Gasteiger partial charge is 0.416 e. The summed E-state index contributed by atoms with van der Waals surface area (Å²) in [4.78, 5) is 27.7. The fourth-order valence-corrected chi connectivity index (χ4v) is 6.68. The summed E-state index contributed by atoms with van der Waals surface area (Å²) < 4.78 is 64.9. The molecule has 1 amide bonds. The average molecular weight is 606 g/mol. The highest BCUT2D eigenvalue weighted by Gasteiger charge is 2.34. The Morgan fingerprint density at radius 1 is 0.977 bits per heavy atom. The van der Waals surface area contributed by atoms with E-state index in [-0.39, 0.29) is 30.5 Å². The second-order valence-electron chi connectivity index (χ2n) is 12.1. The number of halogens is 4. The molecule has 2 atom stereocenters. The lowest BCUT2D eigenvalue weighted by Crippen LogP contribution is -2.52. The number of anilines is 1. The zero-order valence-electron chi connectivity index (χ0n) is 24.5. The molecule has 2 aromatic rings. The van der Waals surface area contributed by atoms with Crippen LogP contribution in [0.2, 0.25) is 0 Å². The Balaban J connectivity index is 1.22.